The molecule has 86 valence electrons. The summed E-state index contributed by atoms with van der Waals surface area (Å²) in [4.78, 5) is 0. The summed E-state index contributed by atoms with van der Waals surface area (Å²) < 4.78 is 41.5. The van der Waals surface area contributed by atoms with Gasteiger partial charge >= 0.3 is 0 Å². The summed E-state index contributed by atoms with van der Waals surface area (Å²) in [5.74, 6) is -2.96. The molecule has 0 aliphatic carbocycles. The van der Waals surface area contributed by atoms with Crippen molar-refractivity contribution in [2.75, 3.05) is 6.54 Å². The van der Waals surface area contributed by atoms with Gasteiger partial charge in [-0.05, 0) is 13.0 Å². The molecule has 5 heteroatoms. The predicted octanol–water partition coefficient (Wildman–Crippen LogP) is 2.33. The molecule has 0 unspecified atom stereocenters. The quantitative estimate of drug-likeness (QED) is 0.786. The summed E-state index contributed by atoms with van der Waals surface area (Å²) in [6.07, 6.45) is 0. The average molecular weight is 228 g/mol. The van der Waals surface area contributed by atoms with E-state index in [9.17, 15) is 13.2 Å². The number of nitrogens with zero attached hydrogens (tertiary/aromatic N) is 1. The number of benzene rings is 1. The maximum absolute atomic E-state index is 13.6. The molecule has 0 atom stereocenters. The van der Waals surface area contributed by atoms with E-state index in [1.54, 1.807) is 11.5 Å². The maximum Gasteiger partial charge on any atom is 0.168 e. The summed E-state index contributed by atoms with van der Waals surface area (Å²) in [5, 5.41) is -0.0385. The Kier molecular flexibility index (Phi) is 2.63. The van der Waals surface area contributed by atoms with E-state index in [0.717, 1.165) is 0 Å². The van der Waals surface area contributed by atoms with Gasteiger partial charge in [-0.3, -0.25) is 0 Å². The SMILES string of the molecule is Cc1cc2c(F)c(F)cc(F)c2n1CCN. The van der Waals surface area contributed by atoms with Crippen molar-refractivity contribution in [1.82, 2.24) is 4.57 Å². The van der Waals surface area contributed by atoms with Crippen molar-refractivity contribution in [3.05, 3.63) is 35.3 Å². The minimum absolute atomic E-state index is 0.0385. The van der Waals surface area contributed by atoms with Crippen LogP contribution in [0.1, 0.15) is 5.69 Å². The number of aromatic nitrogens is 1. The lowest BCUT2D eigenvalue weighted by molar-refractivity contribution is 0.504. The highest BCUT2D eigenvalue weighted by atomic mass is 19.2. The van der Waals surface area contributed by atoms with Crippen LogP contribution in [0.25, 0.3) is 10.9 Å². The summed E-state index contributed by atoms with van der Waals surface area (Å²) in [6.45, 7) is 2.38. The molecule has 2 N–H and O–H groups in total. The molecule has 0 bridgehead atoms. The van der Waals surface area contributed by atoms with Crippen LogP contribution in [0.15, 0.2) is 12.1 Å². The third-order valence-electron chi connectivity index (χ3n) is 2.58. The van der Waals surface area contributed by atoms with Gasteiger partial charge in [0.1, 0.15) is 0 Å². The monoisotopic (exact) mass is 228 g/mol. The molecule has 2 nitrogen and oxygen atoms in total. The number of halogens is 3. The van der Waals surface area contributed by atoms with E-state index in [-0.39, 0.29) is 10.9 Å². The van der Waals surface area contributed by atoms with Gasteiger partial charge in [0.15, 0.2) is 17.5 Å². The number of nitrogens with two attached hydrogens (primary N) is 1. The van der Waals surface area contributed by atoms with E-state index in [0.29, 0.717) is 24.8 Å². The zero-order valence-electron chi connectivity index (χ0n) is 8.73. The Morgan fingerprint density at radius 3 is 2.50 bits per heavy atom. The molecule has 1 aromatic carbocycles. The first-order valence-electron chi connectivity index (χ1n) is 4.89. The molecule has 2 rings (SSSR count). The molecule has 0 saturated heterocycles. The van der Waals surface area contributed by atoms with Crippen molar-refractivity contribution < 1.29 is 13.2 Å². The van der Waals surface area contributed by atoms with Crippen molar-refractivity contribution in [3.63, 3.8) is 0 Å². The minimum Gasteiger partial charge on any atom is -0.341 e. The van der Waals surface area contributed by atoms with Gasteiger partial charge in [0.25, 0.3) is 0 Å². The average Bonchev–Trinajstić information content (AvgIpc) is 2.54. The molecule has 0 aliphatic heterocycles. The molecule has 0 aliphatic rings. The van der Waals surface area contributed by atoms with Crippen LogP contribution in [0.5, 0.6) is 0 Å². The van der Waals surface area contributed by atoms with Gasteiger partial charge in [0, 0.05) is 30.2 Å². The zero-order chi connectivity index (χ0) is 11.9. The standard InChI is InChI=1S/C11H11F3N2/c1-6-4-7-10(14)8(12)5-9(13)11(7)16(6)3-2-15/h4-5H,2-3,15H2,1H3. The normalized spacial score (nSPS) is 11.3. The van der Waals surface area contributed by atoms with E-state index in [1.165, 1.54) is 6.07 Å². The second kappa shape index (κ2) is 3.83. The highest BCUT2D eigenvalue weighted by Crippen LogP contribution is 2.26. The molecule has 0 saturated carbocycles. The van der Waals surface area contributed by atoms with Crippen LogP contribution in [0.3, 0.4) is 0 Å². The van der Waals surface area contributed by atoms with Crippen LogP contribution >= 0.6 is 0 Å². The molecule has 0 amide bonds. The van der Waals surface area contributed by atoms with Crippen LogP contribution in [0.2, 0.25) is 0 Å². The summed E-state index contributed by atoms with van der Waals surface area (Å²) >= 11 is 0. The van der Waals surface area contributed by atoms with E-state index in [1.807, 2.05) is 0 Å². The molecular formula is C11H11F3N2. The molecule has 2 aromatic rings. The van der Waals surface area contributed by atoms with Gasteiger partial charge in [0.2, 0.25) is 0 Å². The molecule has 0 radical (unpaired) electrons. The Bertz CT molecular complexity index is 546. The molecule has 16 heavy (non-hydrogen) atoms. The van der Waals surface area contributed by atoms with Gasteiger partial charge in [-0.15, -0.1) is 0 Å². The molecular weight excluding hydrogens is 217 g/mol. The van der Waals surface area contributed by atoms with E-state index in [2.05, 4.69) is 0 Å². The lowest BCUT2D eigenvalue weighted by Crippen LogP contribution is -2.11. The van der Waals surface area contributed by atoms with E-state index in [4.69, 9.17) is 5.73 Å². The fourth-order valence-corrected chi connectivity index (χ4v) is 1.89. The van der Waals surface area contributed by atoms with Gasteiger partial charge in [-0.1, -0.05) is 0 Å². The Morgan fingerprint density at radius 2 is 1.88 bits per heavy atom. The van der Waals surface area contributed by atoms with Gasteiger partial charge in [-0.2, -0.15) is 0 Å². The third kappa shape index (κ3) is 1.48. The highest BCUT2D eigenvalue weighted by Gasteiger charge is 2.17. The fraction of sp³-hybridized carbons (Fsp3) is 0.273. The van der Waals surface area contributed by atoms with Crippen LogP contribution in [-0.2, 0) is 6.54 Å². The molecule has 0 fully saturated rings. The number of rotatable bonds is 2. The second-order valence-corrected chi connectivity index (χ2v) is 3.64. The van der Waals surface area contributed by atoms with Crippen LogP contribution in [0.4, 0.5) is 13.2 Å². The molecule has 1 aromatic heterocycles. The van der Waals surface area contributed by atoms with Crippen molar-refractivity contribution >= 4 is 10.9 Å². The number of aryl methyl sites for hydroxylation is 1. The van der Waals surface area contributed by atoms with Crippen molar-refractivity contribution in [2.45, 2.75) is 13.5 Å². The Hall–Kier alpha value is -1.49. The first-order chi connectivity index (χ1) is 7.56. The highest BCUT2D eigenvalue weighted by molar-refractivity contribution is 5.82. The second-order valence-electron chi connectivity index (χ2n) is 3.64. The zero-order valence-corrected chi connectivity index (χ0v) is 8.73. The summed E-state index contributed by atoms with van der Waals surface area (Å²) in [7, 11) is 0. The number of fused-ring (bicyclic) bond motifs is 1. The fourth-order valence-electron chi connectivity index (χ4n) is 1.89. The third-order valence-corrected chi connectivity index (χ3v) is 2.58. The van der Waals surface area contributed by atoms with Crippen LogP contribution < -0.4 is 5.73 Å². The maximum atomic E-state index is 13.6. The summed E-state index contributed by atoms with van der Waals surface area (Å²) in [5.41, 5.74) is 6.11. The van der Waals surface area contributed by atoms with Gasteiger partial charge in [0.05, 0.1) is 5.52 Å². The Balaban J connectivity index is 2.83. The number of hydrogen-bond acceptors (Lipinski definition) is 1. The first kappa shape index (κ1) is 11.0. The van der Waals surface area contributed by atoms with E-state index < -0.39 is 17.5 Å². The topological polar surface area (TPSA) is 30.9 Å². The van der Waals surface area contributed by atoms with Crippen molar-refractivity contribution in [1.29, 1.82) is 0 Å². The predicted molar refractivity (Wildman–Crippen MR) is 55.6 cm³/mol. The van der Waals surface area contributed by atoms with E-state index >= 15 is 0 Å². The lowest BCUT2D eigenvalue weighted by atomic mass is 10.2. The number of hydrogen-bond donors (Lipinski definition) is 1. The minimum atomic E-state index is -1.17. The Morgan fingerprint density at radius 1 is 1.19 bits per heavy atom. The van der Waals surface area contributed by atoms with Crippen molar-refractivity contribution in [2.24, 2.45) is 5.73 Å². The van der Waals surface area contributed by atoms with Gasteiger partial charge < -0.3 is 10.3 Å². The summed E-state index contributed by atoms with van der Waals surface area (Å²) in [6, 6.07) is 1.98. The first-order valence-corrected chi connectivity index (χ1v) is 4.89. The molecule has 0 spiro atoms. The van der Waals surface area contributed by atoms with Crippen LogP contribution in [0, 0.1) is 24.4 Å². The molecule has 1 heterocycles. The lowest BCUT2D eigenvalue weighted by Gasteiger charge is -2.07. The van der Waals surface area contributed by atoms with Gasteiger partial charge in [-0.25, -0.2) is 13.2 Å². The smallest absolute Gasteiger partial charge is 0.168 e. The van der Waals surface area contributed by atoms with Crippen LogP contribution in [-0.4, -0.2) is 11.1 Å². The Labute approximate surface area is 90.5 Å². The van der Waals surface area contributed by atoms with Crippen molar-refractivity contribution in [3.8, 4) is 0 Å². The largest absolute Gasteiger partial charge is 0.341 e.